The molecule has 0 amide bonds. The van der Waals surface area contributed by atoms with E-state index < -0.39 is 10.1 Å². The summed E-state index contributed by atoms with van der Waals surface area (Å²) in [6, 6.07) is 0. The zero-order chi connectivity index (χ0) is 8.65. The van der Waals surface area contributed by atoms with Gasteiger partial charge >= 0.3 is 76.9 Å². The summed E-state index contributed by atoms with van der Waals surface area (Å²) in [5.41, 5.74) is 0.372. The van der Waals surface area contributed by atoms with Gasteiger partial charge in [-0.25, -0.2) is 0 Å². The first-order valence-electron chi connectivity index (χ1n) is 2.61. The molecule has 0 saturated heterocycles. The summed E-state index contributed by atoms with van der Waals surface area (Å²) in [6.45, 7) is 1.56. The fourth-order valence-corrected chi connectivity index (χ4v) is 3.99. The van der Waals surface area contributed by atoms with Gasteiger partial charge in [0, 0.05) is 0 Å². The van der Waals surface area contributed by atoms with Crippen molar-refractivity contribution in [2.45, 2.75) is 11.1 Å². The molecule has 11 heavy (non-hydrogen) atoms. The van der Waals surface area contributed by atoms with Gasteiger partial charge in [-0.15, -0.1) is 0 Å². The molecule has 1 unspecified atom stereocenters. The van der Waals surface area contributed by atoms with Gasteiger partial charge in [-0.1, -0.05) is 0 Å². The second-order valence-electron chi connectivity index (χ2n) is 1.90. The second kappa shape index (κ2) is 2.86. The molecular weight excluding hydrogens is 249 g/mol. The molecule has 1 heterocycles. The molecule has 1 atom stereocenters. The van der Waals surface area contributed by atoms with Gasteiger partial charge in [-0.2, -0.15) is 0 Å². The average molecular weight is 255 g/mol. The minimum atomic E-state index is -4.05. The van der Waals surface area contributed by atoms with E-state index in [1.807, 2.05) is 0 Å². The van der Waals surface area contributed by atoms with Gasteiger partial charge in [0.05, 0.1) is 0 Å². The van der Waals surface area contributed by atoms with E-state index in [2.05, 4.69) is 4.98 Å². The molecule has 1 aromatic heterocycles. The molecule has 62 valence electrons. The van der Waals surface area contributed by atoms with Crippen molar-refractivity contribution in [2.75, 3.05) is 0 Å². The van der Waals surface area contributed by atoms with Crippen molar-refractivity contribution in [3.8, 4) is 0 Å². The van der Waals surface area contributed by atoms with Gasteiger partial charge in [-0.05, 0) is 0 Å². The number of aromatic nitrogens is 1. The van der Waals surface area contributed by atoms with E-state index >= 15 is 0 Å². The van der Waals surface area contributed by atoms with Crippen LogP contribution in [0.5, 0.6) is 0 Å². The van der Waals surface area contributed by atoms with Gasteiger partial charge < -0.3 is 0 Å². The molecule has 1 N–H and O–H groups in total. The Morgan fingerprint density at radius 1 is 1.64 bits per heavy atom. The molecule has 0 bridgehead atoms. The van der Waals surface area contributed by atoms with Crippen molar-refractivity contribution in [1.29, 1.82) is 0 Å². The number of hydrogen-bond acceptors (Lipinski definition) is 4. The molecule has 1 rings (SSSR count). The third-order valence-corrected chi connectivity index (χ3v) is 4.44. The summed E-state index contributed by atoms with van der Waals surface area (Å²) < 4.78 is 30.5. The SMILES string of the molecule is Cc1nc([AsH2])sc1S(=O)(=O)O. The van der Waals surface area contributed by atoms with E-state index in [0.29, 0.717) is 9.49 Å². The number of nitrogens with zero attached hydrogens (tertiary/aromatic N) is 1. The Morgan fingerprint density at radius 2 is 2.18 bits per heavy atom. The van der Waals surface area contributed by atoms with Crippen molar-refractivity contribution < 1.29 is 13.0 Å². The fourth-order valence-electron chi connectivity index (χ4n) is 0.642. The fraction of sp³-hybridized carbons (Fsp3) is 0.250. The van der Waals surface area contributed by atoms with E-state index in [0.717, 1.165) is 11.3 Å². The molecule has 0 fully saturated rings. The number of hydrogen-bond donors (Lipinski definition) is 1. The molecule has 0 aliphatic rings. The third kappa shape index (κ3) is 2.02. The molecule has 0 radical (unpaired) electrons. The molecule has 4 nitrogen and oxygen atoms in total. The van der Waals surface area contributed by atoms with E-state index in [4.69, 9.17) is 4.55 Å². The zero-order valence-corrected chi connectivity index (χ0v) is 9.66. The van der Waals surface area contributed by atoms with Crippen LogP contribution in [0.2, 0.25) is 0 Å². The quantitative estimate of drug-likeness (QED) is 0.514. The summed E-state index contributed by atoms with van der Waals surface area (Å²) in [6.07, 6.45) is 0. The Kier molecular flexibility index (Phi) is 2.39. The average Bonchev–Trinajstić information content (AvgIpc) is 2.08. The zero-order valence-electron chi connectivity index (χ0n) is 5.60. The Hall–Kier alpha value is 0.0984. The molecule has 0 aliphatic carbocycles. The Balaban J connectivity index is 3.36. The summed E-state index contributed by atoms with van der Waals surface area (Å²) in [4.78, 5) is 3.88. The van der Waals surface area contributed by atoms with Gasteiger partial charge in [0.1, 0.15) is 0 Å². The van der Waals surface area contributed by atoms with Crippen LogP contribution < -0.4 is 3.80 Å². The Labute approximate surface area is 76.9 Å². The number of aryl methyl sites for hydroxylation is 1. The van der Waals surface area contributed by atoms with Crippen molar-refractivity contribution in [3.05, 3.63) is 5.69 Å². The van der Waals surface area contributed by atoms with Crippen molar-refractivity contribution in [3.63, 3.8) is 0 Å². The van der Waals surface area contributed by atoms with Crippen LogP contribution in [-0.2, 0) is 10.1 Å². The van der Waals surface area contributed by atoms with Crippen LogP contribution in [0.4, 0.5) is 0 Å². The van der Waals surface area contributed by atoms with Crippen molar-refractivity contribution >= 4 is 42.1 Å². The van der Waals surface area contributed by atoms with Crippen molar-refractivity contribution in [1.82, 2.24) is 4.98 Å². The normalized spacial score (nSPS) is 11.9. The van der Waals surface area contributed by atoms with Gasteiger partial charge in [-0.3, -0.25) is 0 Å². The number of thiazole rings is 1. The van der Waals surface area contributed by atoms with Gasteiger partial charge in [0.2, 0.25) is 0 Å². The molecular formula is C4H6AsNO3S2. The minimum absolute atomic E-state index is 0.0446. The molecule has 0 aromatic carbocycles. The second-order valence-corrected chi connectivity index (χ2v) is 6.57. The van der Waals surface area contributed by atoms with Crippen molar-refractivity contribution in [2.24, 2.45) is 0 Å². The van der Waals surface area contributed by atoms with Crippen LogP contribution >= 0.6 is 11.3 Å². The van der Waals surface area contributed by atoms with E-state index in [1.54, 1.807) is 6.92 Å². The topological polar surface area (TPSA) is 67.3 Å². The van der Waals surface area contributed by atoms with Crippen LogP contribution in [0.1, 0.15) is 5.69 Å². The number of rotatable bonds is 1. The third-order valence-electron chi connectivity index (χ3n) is 1.00. The van der Waals surface area contributed by atoms with E-state index in [1.165, 1.54) is 16.9 Å². The van der Waals surface area contributed by atoms with Crippen LogP contribution in [0.15, 0.2) is 4.21 Å². The summed E-state index contributed by atoms with van der Waals surface area (Å²) in [5.74, 6) is 0. The standard InChI is InChI=1S/C4H6AsNO3S2/c1-2-3(11(7,8)9)10-4(5)6-2/h5H2,1H3,(H,7,8,9). The summed E-state index contributed by atoms with van der Waals surface area (Å²) in [5, 5.41) is 0. The van der Waals surface area contributed by atoms with Gasteiger partial charge in [0.15, 0.2) is 0 Å². The van der Waals surface area contributed by atoms with Crippen LogP contribution in [0, 0.1) is 6.92 Å². The monoisotopic (exact) mass is 255 g/mol. The first-order valence-corrected chi connectivity index (χ1v) is 6.08. The van der Waals surface area contributed by atoms with Crippen LogP contribution in [-0.4, -0.2) is 34.8 Å². The molecule has 0 aliphatic heterocycles. The first-order chi connectivity index (χ1) is 4.91. The summed E-state index contributed by atoms with van der Waals surface area (Å²) >= 11 is 2.25. The predicted octanol–water partition coefficient (Wildman–Crippen LogP) is -1.04. The van der Waals surface area contributed by atoms with E-state index in [9.17, 15) is 8.42 Å². The Bertz CT molecular complexity index is 369. The molecule has 0 spiro atoms. The molecule has 1 aromatic rings. The Morgan fingerprint density at radius 3 is 2.36 bits per heavy atom. The van der Waals surface area contributed by atoms with Gasteiger partial charge in [0.25, 0.3) is 0 Å². The molecule has 7 heteroatoms. The predicted molar refractivity (Wildman–Crippen MR) is 44.8 cm³/mol. The van der Waals surface area contributed by atoms with E-state index in [-0.39, 0.29) is 4.21 Å². The maximum atomic E-state index is 10.6. The van der Waals surface area contributed by atoms with Crippen LogP contribution in [0.25, 0.3) is 0 Å². The molecule has 0 saturated carbocycles. The summed E-state index contributed by atoms with van der Waals surface area (Å²) in [7, 11) is -4.05. The van der Waals surface area contributed by atoms with Crippen LogP contribution in [0.3, 0.4) is 0 Å². The first kappa shape index (κ1) is 9.19. The maximum absolute atomic E-state index is 10.6.